The van der Waals surface area contributed by atoms with Gasteiger partial charge in [-0.1, -0.05) is 12.2 Å². The number of allylic oxidation sites excluding steroid dienone is 2. The predicted octanol–water partition coefficient (Wildman–Crippen LogP) is 2.82. The Morgan fingerprint density at radius 3 is 3.00 bits per heavy atom. The van der Waals surface area contributed by atoms with Crippen LogP contribution < -0.4 is 0 Å². The standard InChI is InChI=1S/C15H21N3O/c19-15(12-6-2-1-3-7-12)18-11-5-4-8-13(18)14-16-9-10-17-14/h1-2,9-10,12-13H,3-8,11H2,(H,16,17). The number of hydrogen-bond donors (Lipinski definition) is 1. The van der Waals surface area contributed by atoms with Crippen LogP contribution in [0.3, 0.4) is 0 Å². The van der Waals surface area contributed by atoms with Crippen molar-refractivity contribution in [2.45, 2.75) is 44.6 Å². The predicted molar refractivity (Wildman–Crippen MR) is 73.4 cm³/mol. The Balaban J connectivity index is 1.76. The topological polar surface area (TPSA) is 49.0 Å². The number of likely N-dealkylation sites (tertiary alicyclic amines) is 1. The molecule has 1 saturated heterocycles. The van der Waals surface area contributed by atoms with E-state index in [-0.39, 0.29) is 12.0 Å². The highest BCUT2D eigenvalue weighted by molar-refractivity contribution is 5.79. The first kappa shape index (κ1) is 12.5. The summed E-state index contributed by atoms with van der Waals surface area (Å²) in [4.78, 5) is 22.3. The number of hydrogen-bond acceptors (Lipinski definition) is 2. The molecule has 4 nitrogen and oxygen atoms in total. The van der Waals surface area contributed by atoms with Gasteiger partial charge in [0.25, 0.3) is 0 Å². The van der Waals surface area contributed by atoms with Crippen LogP contribution in [0, 0.1) is 5.92 Å². The molecule has 3 rings (SSSR count). The Bertz CT molecular complexity index is 452. The van der Waals surface area contributed by atoms with E-state index in [2.05, 4.69) is 27.0 Å². The van der Waals surface area contributed by atoms with Crippen LogP contribution in [0.2, 0.25) is 0 Å². The lowest BCUT2D eigenvalue weighted by Gasteiger charge is -2.37. The Morgan fingerprint density at radius 2 is 2.26 bits per heavy atom. The largest absolute Gasteiger partial charge is 0.347 e. The Hall–Kier alpha value is -1.58. The summed E-state index contributed by atoms with van der Waals surface area (Å²) >= 11 is 0. The van der Waals surface area contributed by atoms with Crippen LogP contribution in [0.4, 0.5) is 0 Å². The molecule has 2 atom stereocenters. The van der Waals surface area contributed by atoms with Gasteiger partial charge >= 0.3 is 0 Å². The van der Waals surface area contributed by atoms with E-state index in [1.54, 1.807) is 6.20 Å². The first-order valence-electron chi connectivity index (χ1n) is 7.31. The van der Waals surface area contributed by atoms with Gasteiger partial charge in [-0.15, -0.1) is 0 Å². The maximum Gasteiger partial charge on any atom is 0.226 e. The molecule has 1 fully saturated rings. The van der Waals surface area contributed by atoms with Gasteiger partial charge in [0.2, 0.25) is 5.91 Å². The molecular weight excluding hydrogens is 238 g/mol. The van der Waals surface area contributed by atoms with Gasteiger partial charge in [0.15, 0.2) is 0 Å². The number of nitrogens with zero attached hydrogens (tertiary/aromatic N) is 2. The van der Waals surface area contributed by atoms with Crippen LogP contribution >= 0.6 is 0 Å². The van der Waals surface area contributed by atoms with Crippen LogP contribution in [-0.2, 0) is 4.79 Å². The molecule has 1 aliphatic carbocycles. The van der Waals surface area contributed by atoms with Crippen LogP contribution in [0.5, 0.6) is 0 Å². The molecule has 2 aliphatic rings. The molecule has 2 unspecified atom stereocenters. The smallest absolute Gasteiger partial charge is 0.226 e. The zero-order chi connectivity index (χ0) is 13.1. The van der Waals surface area contributed by atoms with Crippen molar-refractivity contribution in [2.75, 3.05) is 6.54 Å². The summed E-state index contributed by atoms with van der Waals surface area (Å²) in [5.74, 6) is 1.45. The SMILES string of the molecule is O=C(C1CC=CCC1)N1CCCCC1c1ncc[nH]1. The van der Waals surface area contributed by atoms with Crippen molar-refractivity contribution in [3.05, 3.63) is 30.4 Å². The second-order valence-electron chi connectivity index (χ2n) is 5.50. The minimum Gasteiger partial charge on any atom is -0.347 e. The maximum atomic E-state index is 12.7. The Labute approximate surface area is 113 Å². The summed E-state index contributed by atoms with van der Waals surface area (Å²) < 4.78 is 0. The molecule has 19 heavy (non-hydrogen) atoms. The number of H-pyrrole nitrogens is 1. The molecule has 1 aliphatic heterocycles. The lowest BCUT2D eigenvalue weighted by molar-refractivity contribution is -0.140. The van der Waals surface area contributed by atoms with E-state index in [4.69, 9.17) is 0 Å². The highest BCUT2D eigenvalue weighted by atomic mass is 16.2. The molecule has 0 aromatic carbocycles. The number of aromatic amines is 1. The summed E-state index contributed by atoms with van der Waals surface area (Å²) in [6, 6.07) is 0.155. The van der Waals surface area contributed by atoms with Crippen molar-refractivity contribution in [2.24, 2.45) is 5.92 Å². The average Bonchev–Trinajstić information content (AvgIpc) is 3.01. The fraction of sp³-hybridized carbons (Fsp3) is 0.600. The second kappa shape index (κ2) is 5.59. The molecule has 0 spiro atoms. The minimum absolute atomic E-state index is 0.155. The molecule has 0 radical (unpaired) electrons. The van der Waals surface area contributed by atoms with Crippen LogP contribution in [0.1, 0.15) is 50.4 Å². The van der Waals surface area contributed by atoms with Crippen molar-refractivity contribution < 1.29 is 4.79 Å². The van der Waals surface area contributed by atoms with E-state index in [9.17, 15) is 4.79 Å². The van der Waals surface area contributed by atoms with E-state index >= 15 is 0 Å². The molecule has 0 bridgehead atoms. The third-order valence-corrected chi connectivity index (χ3v) is 4.24. The third kappa shape index (κ3) is 2.57. The maximum absolute atomic E-state index is 12.7. The monoisotopic (exact) mass is 259 g/mol. The van der Waals surface area contributed by atoms with Crippen molar-refractivity contribution in [3.63, 3.8) is 0 Å². The summed E-state index contributed by atoms with van der Waals surface area (Å²) in [5.41, 5.74) is 0. The van der Waals surface area contributed by atoms with Gasteiger partial charge in [0.05, 0.1) is 6.04 Å². The van der Waals surface area contributed by atoms with Crippen molar-refractivity contribution in [1.29, 1.82) is 0 Å². The number of nitrogens with one attached hydrogen (secondary N) is 1. The fourth-order valence-corrected chi connectivity index (χ4v) is 3.19. The lowest BCUT2D eigenvalue weighted by atomic mass is 9.91. The third-order valence-electron chi connectivity index (χ3n) is 4.24. The van der Waals surface area contributed by atoms with Gasteiger partial charge < -0.3 is 9.88 Å². The van der Waals surface area contributed by atoms with Gasteiger partial charge in [-0.3, -0.25) is 4.79 Å². The Kier molecular flexibility index (Phi) is 3.67. The van der Waals surface area contributed by atoms with E-state index in [0.29, 0.717) is 5.91 Å². The molecule has 0 saturated carbocycles. The number of carbonyl (C=O) groups excluding carboxylic acids is 1. The van der Waals surface area contributed by atoms with Crippen LogP contribution in [0.25, 0.3) is 0 Å². The molecule has 102 valence electrons. The quantitative estimate of drug-likeness (QED) is 0.830. The Morgan fingerprint density at radius 1 is 1.32 bits per heavy atom. The highest BCUT2D eigenvalue weighted by Crippen LogP contribution is 2.32. The molecule has 1 N–H and O–H groups in total. The van der Waals surface area contributed by atoms with Gasteiger partial charge in [-0.2, -0.15) is 0 Å². The minimum atomic E-state index is 0.155. The molecule has 2 heterocycles. The summed E-state index contributed by atoms with van der Waals surface area (Å²) in [6.07, 6.45) is 14.2. The normalized spacial score (nSPS) is 27.5. The van der Waals surface area contributed by atoms with Crippen molar-refractivity contribution >= 4 is 5.91 Å². The highest BCUT2D eigenvalue weighted by Gasteiger charge is 2.33. The zero-order valence-electron chi connectivity index (χ0n) is 11.2. The van der Waals surface area contributed by atoms with Crippen molar-refractivity contribution in [3.8, 4) is 0 Å². The fourth-order valence-electron chi connectivity index (χ4n) is 3.19. The van der Waals surface area contributed by atoms with E-state index in [1.165, 1.54) is 6.42 Å². The number of aromatic nitrogens is 2. The number of carbonyl (C=O) groups is 1. The first-order valence-corrected chi connectivity index (χ1v) is 7.31. The number of rotatable bonds is 2. The summed E-state index contributed by atoms with van der Waals surface area (Å²) in [7, 11) is 0. The van der Waals surface area contributed by atoms with Crippen molar-refractivity contribution in [1.82, 2.24) is 14.9 Å². The number of imidazole rings is 1. The molecule has 1 aromatic rings. The van der Waals surface area contributed by atoms with Crippen LogP contribution in [-0.4, -0.2) is 27.3 Å². The second-order valence-corrected chi connectivity index (χ2v) is 5.50. The summed E-state index contributed by atoms with van der Waals surface area (Å²) in [5, 5.41) is 0. The molecule has 4 heteroatoms. The van der Waals surface area contributed by atoms with E-state index in [0.717, 1.165) is 44.5 Å². The average molecular weight is 259 g/mol. The van der Waals surface area contributed by atoms with E-state index in [1.807, 2.05) is 6.20 Å². The van der Waals surface area contributed by atoms with E-state index < -0.39 is 0 Å². The molecular formula is C15H21N3O. The lowest BCUT2D eigenvalue weighted by Crippen LogP contribution is -2.42. The summed E-state index contributed by atoms with van der Waals surface area (Å²) in [6.45, 7) is 0.879. The zero-order valence-corrected chi connectivity index (χ0v) is 11.2. The van der Waals surface area contributed by atoms with Gasteiger partial charge in [0, 0.05) is 24.9 Å². The van der Waals surface area contributed by atoms with Gasteiger partial charge in [-0.05, 0) is 38.5 Å². The van der Waals surface area contributed by atoms with Crippen LogP contribution in [0.15, 0.2) is 24.5 Å². The molecule has 1 amide bonds. The number of amides is 1. The first-order chi connectivity index (χ1) is 9.36. The molecule has 1 aromatic heterocycles. The number of piperidine rings is 1. The van der Waals surface area contributed by atoms with Gasteiger partial charge in [-0.25, -0.2) is 4.98 Å². The van der Waals surface area contributed by atoms with Gasteiger partial charge in [0.1, 0.15) is 5.82 Å².